The third kappa shape index (κ3) is 5.91. The number of ether oxygens (including phenoxy) is 1. The minimum absolute atomic E-state index is 0.380. The number of anilines is 1. The fraction of sp³-hybridized carbons (Fsp3) is 0.190. The number of hydrogen-bond donors (Lipinski definition) is 1. The van der Waals surface area contributed by atoms with E-state index >= 15 is 0 Å². The van der Waals surface area contributed by atoms with Crippen LogP contribution >= 0.6 is 0 Å². The van der Waals surface area contributed by atoms with Crippen LogP contribution in [0, 0.1) is 11.3 Å². The second-order valence-corrected chi connectivity index (χ2v) is 6.00. The summed E-state index contributed by atoms with van der Waals surface area (Å²) >= 11 is 0. The highest BCUT2D eigenvalue weighted by Gasteiger charge is 2.06. The van der Waals surface area contributed by atoms with Crippen LogP contribution < -0.4 is 5.32 Å². The average molecular weight is 348 g/mol. The molecule has 0 bridgehead atoms. The van der Waals surface area contributed by atoms with Crippen LogP contribution in [0.15, 0.2) is 54.6 Å². The van der Waals surface area contributed by atoms with Gasteiger partial charge in [-0.2, -0.15) is 5.26 Å². The maximum Gasteiger partial charge on any atom is 0.331 e. The molecule has 0 saturated heterocycles. The predicted octanol–water partition coefficient (Wildman–Crippen LogP) is 3.88. The highest BCUT2D eigenvalue weighted by molar-refractivity contribution is 5.94. The van der Waals surface area contributed by atoms with Crippen molar-refractivity contribution >= 4 is 23.6 Å². The molecule has 2 rings (SSSR count). The number of carbonyl (C=O) groups is 2. The van der Waals surface area contributed by atoms with Crippen LogP contribution in [-0.2, 0) is 14.3 Å². The normalized spacial score (nSPS) is 10.5. The molecule has 0 heterocycles. The second-order valence-electron chi connectivity index (χ2n) is 6.00. The third-order valence-corrected chi connectivity index (χ3v) is 3.66. The van der Waals surface area contributed by atoms with Gasteiger partial charge in [-0.05, 0) is 47.4 Å². The van der Waals surface area contributed by atoms with Crippen molar-refractivity contribution in [1.82, 2.24) is 0 Å². The van der Waals surface area contributed by atoms with Crippen molar-refractivity contribution < 1.29 is 14.3 Å². The Morgan fingerprint density at radius 2 is 1.77 bits per heavy atom. The molecule has 0 radical (unpaired) electrons. The summed E-state index contributed by atoms with van der Waals surface area (Å²) in [6.45, 7) is 3.85. The lowest BCUT2D eigenvalue weighted by molar-refractivity contribution is -0.142. The van der Waals surface area contributed by atoms with E-state index in [1.165, 1.54) is 11.6 Å². The van der Waals surface area contributed by atoms with Gasteiger partial charge < -0.3 is 10.1 Å². The molecule has 5 heteroatoms. The molecular weight excluding hydrogens is 328 g/mol. The number of carbonyl (C=O) groups excluding carboxylic acids is 2. The molecule has 0 fully saturated rings. The molecule has 0 unspecified atom stereocenters. The van der Waals surface area contributed by atoms with Gasteiger partial charge in [0, 0.05) is 11.8 Å². The molecule has 0 aliphatic rings. The molecule has 0 aliphatic heterocycles. The molecule has 0 aromatic heterocycles. The maximum absolute atomic E-state index is 11.8. The Balaban J connectivity index is 1.80. The van der Waals surface area contributed by atoms with Gasteiger partial charge in [0.1, 0.15) is 0 Å². The molecule has 2 aromatic rings. The van der Waals surface area contributed by atoms with Crippen LogP contribution in [0.4, 0.5) is 5.69 Å². The number of hydrogen-bond acceptors (Lipinski definition) is 4. The van der Waals surface area contributed by atoms with E-state index in [4.69, 9.17) is 10.00 Å². The molecule has 1 amide bonds. The van der Waals surface area contributed by atoms with Crippen molar-refractivity contribution in [3.63, 3.8) is 0 Å². The molecule has 2 aromatic carbocycles. The zero-order chi connectivity index (χ0) is 18.9. The Kier molecular flexibility index (Phi) is 6.69. The fourth-order valence-corrected chi connectivity index (χ4v) is 2.17. The van der Waals surface area contributed by atoms with Gasteiger partial charge in [0.05, 0.1) is 11.6 Å². The van der Waals surface area contributed by atoms with Crippen molar-refractivity contribution in [2.24, 2.45) is 0 Å². The number of nitrogens with one attached hydrogen (secondary N) is 1. The number of nitriles is 1. The molecule has 26 heavy (non-hydrogen) atoms. The van der Waals surface area contributed by atoms with Crippen LogP contribution in [0.3, 0.4) is 0 Å². The lowest BCUT2D eigenvalue weighted by atomic mass is 10.0. The first-order chi connectivity index (χ1) is 12.5. The zero-order valence-electron chi connectivity index (χ0n) is 14.7. The van der Waals surface area contributed by atoms with E-state index in [1.807, 2.05) is 30.3 Å². The summed E-state index contributed by atoms with van der Waals surface area (Å²) in [5, 5.41) is 11.3. The number of nitrogens with zero attached hydrogens (tertiary/aromatic N) is 1. The van der Waals surface area contributed by atoms with Gasteiger partial charge in [-0.25, -0.2) is 4.79 Å². The minimum Gasteiger partial charge on any atom is -0.452 e. The largest absolute Gasteiger partial charge is 0.452 e. The SMILES string of the molecule is CC(C)c1ccc(/C=C/C(=O)OCC(=O)Nc2ccc(C#N)cc2)cc1. The highest BCUT2D eigenvalue weighted by atomic mass is 16.5. The van der Waals surface area contributed by atoms with Gasteiger partial charge in [-0.3, -0.25) is 4.79 Å². The minimum atomic E-state index is -0.590. The summed E-state index contributed by atoms with van der Waals surface area (Å²) in [4.78, 5) is 23.5. The molecule has 0 atom stereocenters. The summed E-state index contributed by atoms with van der Waals surface area (Å²) in [7, 11) is 0. The zero-order valence-corrected chi connectivity index (χ0v) is 14.7. The van der Waals surface area contributed by atoms with Crippen molar-refractivity contribution in [3.05, 3.63) is 71.3 Å². The quantitative estimate of drug-likeness (QED) is 0.635. The van der Waals surface area contributed by atoms with Crippen molar-refractivity contribution in [1.29, 1.82) is 5.26 Å². The molecule has 0 spiro atoms. The van der Waals surface area contributed by atoms with Crippen molar-refractivity contribution in [2.75, 3.05) is 11.9 Å². The van der Waals surface area contributed by atoms with Crippen LogP contribution in [-0.4, -0.2) is 18.5 Å². The van der Waals surface area contributed by atoms with Gasteiger partial charge in [0.2, 0.25) is 0 Å². The van der Waals surface area contributed by atoms with Crippen LogP contribution in [0.1, 0.15) is 36.5 Å². The molecule has 0 aliphatic carbocycles. The van der Waals surface area contributed by atoms with Crippen molar-refractivity contribution in [2.45, 2.75) is 19.8 Å². The lowest BCUT2D eigenvalue weighted by Crippen LogP contribution is -2.20. The highest BCUT2D eigenvalue weighted by Crippen LogP contribution is 2.15. The number of esters is 1. The van der Waals surface area contributed by atoms with Crippen LogP contribution in [0.2, 0.25) is 0 Å². The summed E-state index contributed by atoms with van der Waals surface area (Å²) in [6, 6.07) is 16.3. The maximum atomic E-state index is 11.8. The lowest BCUT2D eigenvalue weighted by Gasteiger charge is -2.05. The van der Waals surface area contributed by atoms with E-state index in [0.29, 0.717) is 17.2 Å². The van der Waals surface area contributed by atoms with E-state index in [0.717, 1.165) is 5.56 Å². The Hall–Kier alpha value is -3.39. The molecule has 1 N–H and O–H groups in total. The van der Waals surface area contributed by atoms with E-state index in [2.05, 4.69) is 19.2 Å². The van der Waals surface area contributed by atoms with Gasteiger partial charge in [0.25, 0.3) is 5.91 Å². The average Bonchev–Trinajstić information content (AvgIpc) is 2.65. The monoisotopic (exact) mass is 348 g/mol. The number of rotatable bonds is 6. The summed E-state index contributed by atoms with van der Waals surface area (Å²) in [5.74, 6) is -0.585. The topological polar surface area (TPSA) is 79.2 Å². The van der Waals surface area contributed by atoms with Gasteiger partial charge >= 0.3 is 5.97 Å². The number of amides is 1. The Labute approximate surface area is 152 Å². The molecule has 0 saturated carbocycles. The van der Waals surface area contributed by atoms with Crippen molar-refractivity contribution in [3.8, 4) is 6.07 Å². The summed E-state index contributed by atoms with van der Waals surface area (Å²) < 4.78 is 4.91. The summed E-state index contributed by atoms with van der Waals surface area (Å²) in [5.41, 5.74) is 3.14. The van der Waals surface area contributed by atoms with Crippen LogP contribution in [0.5, 0.6) is 0 Å². The fourth-order valence-electron chi connectivity index (χ4n) is 2.17. The van der Waals surface area contributed by atoms with E-state index in [-0.39, 0.29) is 6.61 Å². The smallest absolute Gasteiger partial charge is 0.331 e. The molecular formula is C21H20N2O3. The van der Waals surface area contributed by atoms with Gasteiger partial charge in [-0.1, -0.05) is 38.1 Å². The van der Waals surface area contributed by atoms with Gasteiger partial charge in [-0.15, -0.1) is 0 Å². The molecule has 5 nitrogen and oxygen atoms in total. The molecule has 132 valence electrons. The number of benzene rings is 2. The van der Waals surface area contributed by atoms with E-state index < -0.39 is 11.9 Å². The van der Waals surface area contributed by atoms with Gasteiger partial charge in [0.15, 0.2) is 6.61 Å². The standard InChI is InChI=1S/C21H20N2O3/c1-15(2)18-8-3-16(4-9-18)7-12-21(25)26-14-20(24)23-19-10-5-17(13-22)6-11-19/h3-12,15H,14H2,1-2H3,(H,23,24)/b12-7+. The predicted molar refractivity (Wildman–Crippen MR) is 100 cm³/mol. The first-order valence-corrected chi connectivity index (χ1v) is 8.23. The Morgan fingerprint density at radius 3 is 2.35 bits per heavy atom. The van der Waals surface area contributed by atoms with E-state index in [9.17, 15) is 9.59 Å². The Morgan fingerprint density at radius 1 is 1.12 bits per heavy atom. The summed E-state index contributed by atoms with van der Waals surface area (Å²) in [6.07, 6.45) is 2.93. The van der Waals surface area contributed by atoms with Crippen LogP contribution in [0.25, 0.3) is 6.08 Å². The van der Waals surface area contributed by atoms with E-state index in [1.54, 1.807) is 30.3 Å². The Bertz CT molecular complexity index is 829. The third-order valence-electron chi connectivity index (χ3n) is 3.66. The first kappa shape index (κ1) is 18.9. The second kappa shape index (κ2) is 9.19. The first-order valence-electron chi connectivity index (χ1n) is 8.23.